The molecule has 8 nitrogen and oxygen atoms in total. The molecule has 0 spiro atoms. The summed E-state index contributed by atoms with van der Waals surface area (Å²) in [4.78, 5) is 36.5. The summed E-state index contributed by atoms with van der Waals surface area (Å²) in [6.07, 6.45) is 0.415. The Labute approximate surface area is 191 Å². The van der Waals surface area contributed by atoms with Crippen LogP contribution >= 0.6 is 0 Å². The van der Waals surface area contributed by atoms with Gasteiger partial charge < -0.3 is 23.4 Å². The highest BCUT2D eigenvalue weighted by molar-refractivity contribution is 5.84. The second-order valence-electron chi connectivity index (χ2n) is 7.42. The Morgan fingerprint density at radius 3 is 2.42 bits per heavy atom. The molecule has 2 aromatic carbocycles. The lowest BCUT2D eigenvalue weighted by atomic mass is 10.0. The fourth-order valence-electron chi connectivity index (χ4n) is 3.30. The zero-order chi connectivity index (χ0) is 23.8. The van der Waals surface area contributed by atoms with Crippen LogP contribution in [0.2, 0.25) is 0 Å². The minimum absolute atomic E-state index is 0.0400. The number of aryl methyl sites for hydroxylation is 2. The topological polar surface area (TPSA) is 101 Å². The van der Waals surface area contributed by atoms with E-state index in [0.29, 0.717) is 28.9 Å². The summed E-state index contributed by atoms with van der Waals surface area (Å²) < 4.78 is 26.0. The molecule has 0 N–H and O–H groups in total. The third-order valence-corrected chi connectivity index (χ3v) is 5.01. The average Bonchev–Trinajstić information content (AvgIpc) is 2.78. The van der Waals surface area contributed by atoms with Gasteiger partial charge in [0.15, 0.2) is 0 Å². The molecule has 0 unspecified atom stereocenters. The molecule has 1 aromatic heterocycles. The predicted octanol–water partition coefficient (Wildman–Crippen LogP) is 3.38. The van der Waals surface area contributed by atoms with Crippen molar-refractivity contribution in [2.45, 2.75) is 26.2 Å². The first-order chi connectivity index (χ1) is 15.9. The molecule has 8 heteroatoms. The number of ether oxygens (including phenoxy) is 4. The van der Waals surface area contributed by atoms with Crippen LogP contribution in [-0.4, -0.2) is 39.4 Å². The summed E-state index contributed by atoms with van der Waals surface area (Å²) in [5.74, 6) is 0.0450. The predicted molar refractivity (Wildman–Crippen MR) is 121 cm³/mol. The lowest BCUT2D eigenvalue weighted by Gasteiger charge is -2.13. The molecule has 0 amide bonds. The molecule has 0 aliphatic carbocycles. The van der Waals surface area contributed by atoms with Gasteiger partial charge in [-0.3, -0.25) is 9.59 Å². The van der Waals surface area contributed by atoms with Crippen LogP contribution in [0.4, 0.5) is 0 Å². The number of carbonyl (C=O) groups is 2. The van der Waals surface area contributed by atoms with Gasteiger partial charge in [-0.05, 0) is 48.2 Å². The van der Waals surface area contributed by atoms with Crippen LogP contribution in [0, 0.1) is 6.92 Å². The fourth-order valence-corrected chi connectivity index (χ4v) is 3.30. The maximum Gasteiger partial charge on any atom is 0.336 e. The van der Waals surface area contributed by atoms with E-state index in [2.05, 4.69) is 0 Å². The van der Waals surface area contributed by atoms with E-state index in [1.54, 1.807) is 44.4 Å². The molecule has 0 aliphatic rings. The van der Waals surface area contributed by atoms with Gasteiger partial charge in [-0.1, -0.05) is 12.1 Å². The van der Waals surface area contributed by atoms with Crippen molar-refractivity contribution in [2.75, 3.05) is 27.4 Å². The Morgan fingerprint density at radius 2 is 1.73 bits per heavy atom. The van der Waals surface area contributed by atoms with Gasteiger partial charge in [0, 0.05) is 31.0 Å². The largest absolute Gasteiger partial charge is 0.497 e. The van der Waals surface area contributed by atoms with Gasteiger partial charge >= 0.3 is 17.6 Å². The smallest absolute Gasteiger partial charge is 0.336 e. The van der Waals surface area contributed by atoms with E-state index in [1.165, 1.54) is 19.2 Å². The molecule has 0 saturated carbocycles. The van der Waals surface area contributed by atoms with E-state index in [0.717, 1.165) is 11.1 Å². The highest BCUT2D eigenvalue weighted by Gasteiger charge is 2.16. The number of methoxy groups -OCH3 is 2. The van der Waals surface area contributed by atoms with Crippen LogP contribution < -0.4 is 15.1 Å². The molecule has 1 heterocycles. The first kappa shape index (κ1) is 24.0. The van der Waals surface area contributed by atoms with E-state index in [4.69, 9.17) is 23.4 Å². The average molecular weight is 454 g/mol. The number of esters is 2. The standard InChI is InChI=1S/C25H26O8/c1-16-12-24(27)33-22-15-21(32-25(28)13-17-4-7-19(30-3)8-5-17)18(14-20(16)22)6-9-23(26)31-11-10-29-2/h4-5,7-8,12,14-15H,6,9-11,13H2,1-3H3. The summed E-state index contributed by atoms with van der Waals surface area (Å²) in [6, 6.07) is 11.8. The molecule has 0 saturated heterocycles. The summed E-state index contributed by atoms with van der Waals surface area (Å²) in [5.41, 5.74) is 1.92. The molecule has 0 aliphatic heterocycles. The second kappa shape index (κ2) is 11.3. The van der Waals surface area contributed by atoms with Gasteiger partial charge in [0.05, 0.1) is 20.1 Å². The van der Waals surface area contributed by atoms with Crippen LogP contribution in [0.15, 0.2) is 51.7 Å². The van der Waals surface area contributed by atoms with Crippen LogP contribution in [0.5, 0.6) is 11.5 Å². The molecule has 174 valence electrons. The Hall–Kier alpha value is -3.65. The van der Waals surface area contributed by atoms with E-state index < -0.39 is 11.6 Å². The van der Waals surface area contributed by atoms with Gasteiger partial charge in [-0.2, -0.15) is 0 Å². The molecule has 3 rings (SSSR count). The summed E-state index contributed by atoms with van der Waals surface area (Å²) >= 11 is 0. The fraction of sp³-hybridized carbons (Fsp3) is 0.320. The molecule has 0 bridgehead atoms. The number of rotatable bonds is 10. The summed E-state index contributed by atoms with van der Waals surface area (Å²) in [6.45, 7) is 2.27. The molecule has 0 radical (unpaired) electrons. The second-order valence-corrected chi connectivity index (χ2v) is 7.42. The van der Waals surface area contributed by atoms with E-state index in [9.17, 15) is 14.4 Å². The lowest BCUT2D eigenvalue weighted by molar-refractivity contribution is -0.144. The van der Waals surface area contributed by atoms with Crippen molar-refractivity contribution in [3.63, 3.8) is 0 Å². The third kappa shape index (κ3) is 6.66. The van der Waals surface area contributed by atoms with Crippen molar-refractivity contribution < 1.29 is 33.0 Å². The zero-order valence-electron chi connectivity index (χ0n) is 18.8. The SMILES string of the molecule is COCCOC(=O)CCc1cc2c(C)cc(=O)oc2cc1OC(=O)Cc1ccc(OC)cc1. The van der Waals surface area contributed by atoms with Crippen LogP contribution in [0.3, 0.4) is 0 Å². The first-order valence-corrected chi connectivity index (χ1v) is 10.4. The van der Waals surface area contributed by atoms with Crippen molar-refractivity contribution >= 4 is 22.9 Å². The van der Waals surface area contributed by atoms with Crippen molar-refractivity contribution in [1.82, 2.24) is 0 Å². The van der Waals surface area contributed by atoms with Crippen LogP contribution in [0.1, 0.15) is 23.1 Å². The van der Waals surface area contributed by atoms with Crippen molar-refractivity contribution in [3.05, 3.63) is 69.6 Å². The van der Waals surface area contributed by atoms with Gasteiger partial charge in [0.25, 0.3) is 0 Å². The normalized spacial score (nSPS) is 10.8. The summed E-state index contributed by atoms with van der Waals surface area (Å²) in [7, 11) is 3.09. The molecule has 33 heavy (non-hydrogen) atoms. The molecule has 3 aromatic rings. The zero-order valence-corrected chi connectivity index (χ0v) is 18.8. The van der Waals surface area contributed by atoms with Crippen LogP contribution in [-0.2, 0) is 31.9 Å². The van der Waals surface area contributed by atoms with Crippen molar-refractivity contribution in [2.24, 2.45) is 0 Å². The highest BCUT2D eigenvalue weighted by atomic mass is 16.6. The number of carbonyl (C=O) groups excluding carboxylic acids is 2. The van der Waals surface area contributed by atoms with Gasteiger partial charge in [-0.25, -0.2) is 4.79 Å². The number of fused-ring (bicyclic) bond motifs is 1. The highest BCUT2D eigenvalue weighted by Crippen LogP contribution is 2.29. The Kier molecular flexibility index (Phi) is 8.21. The van der Waals surface area contributed by atoms with Crippen molar-refractivity contribution in [3.8, 4) is 11.5 Å². The molecular formula is C25H26O8. The third-order valence-electron chi connectivity index (χ3n) is 5.01. The van der Waals surface area contributed by atoms with Crippen molar-refractivity contribution in [1.29, 1.82) is 0 Å². The molecule has 0 atom stereocenters. The summed E-state index contributed by atoms with van der Waals surface area (Å²) in [5, 5.41) is 0.701. The number of hydrogen-bond acceptors (Lipinski definition) is 8. The first-order valence-electron chi connectivity index (χ1n) is 10.4. The number of hydrogen-bond donors (Lipinski definition) is 0. The maximum atomic E-state index is 12.6. The molecular weight excluding hydrogens is 428 g/mol. The Balaban J connectivity index is 1.82. The van der Waals surface area contributed by atoms with E-state index in [-0.39, 0.29) is 37.6 Å². The lowest BCUT2D eigenvalue weighted by Crippen LogP contribution is -2.14. The van der Waals surface area contributed by atoms with E-state index >= 15 is 0 Å². The number of benzene rings is 2. The minimum Gasteiger partial charge on any atom is -0.497 e. The van der Waals surface area contributed by atoms with Gasteiger partial charge in [0.1, 0.15) is 23.7 Å². The quantitative estimate of drug-likeness (QED) is 0.199. The van der Waals surface area contributed by atoms with Gasteiger partial charge in [-0.15, -0.1) is 0 Å². The monoisotopic (exact) mass is 454 g/mol. The minimum atomic E-state index is -0.495. The van der Waals surface area contributed by atoms with Gasteiger partial charge in [0.2, 0.25) is 0 Å². The van der Waals surface area contributed by atoms with E-state index in [1.807, 2.05) is 0 Å². The van der Waals surface area contributed by atoms with Crippen LogP contribution in [0.25, 0.3) is 11.0 Å². The molecule has 0 fully saturated rings. The Bertz CT molecular complexity index is 1180. The Morgan fingerprint density at radius 1 is 0.970 bits per heavy atom. The maximum absolute atomic E-state index is 12.6.